The third kappa shape index (κ3) is 8.42. The van der Waals surface area contributed by atoms with Gasteiger partial charge in [0.15, 0.2) is 0 Å². The van der Waals surface area contributed by atoms with Gasteiger partial charge in [0.25, 0.3) is 0 Å². The third-order valence-electron chi connectivity index (χ3n) is 6.27. The van der Waals surface area contributed by atoms with Gasteiger partial charge in [0.1, 0.15) is 6.04 Å². The van der Waals surface area contributed by atoms with Gasteiger partial charge in [-0.3, -0.25) is 9.59 Å². The molecule has 3 rings (SSSR count). The molecule has 0 bridgehead atoms. The second-order valence-electron chi connectivity index (χ2n) is 9.02. The van der Waals surface area contributed by atoms with Gasteiger partial charge in [-0.1, -0.05) is 73.1 Å². The number of nitrogens with one attached hydrogen (secondary N) is 1. The quantitative estimate of drug-likeness (QED) is 0.270. The molecular formula is C30H35ClN2O2S. The van der Waals surface area contributed by atoms with Crippen LogP contribution in [0.4, 0.5) is 0 Å². The van der Waals surface area contributed by atoms with E-state index in [-0.39, 0.29) is 17.9 Å². The molecule has 0 aliphatic carbocycles. The molecule has 0 saturated carbocycles. The summed E-state index contributed by atoms with van der Waals surface area (Å²) in [6.45, 7) is 6.47. The maximum Gasteiger partial charge on any atom is 0.243 e. The van der Waals surface area contributed by atoms with Crippen molar-refractivity contribution < 1.29 is 9.59 Å². The summed E-state index contributed by atoms with van der Waals surface area (Å²) in [6.07, 6.45) is 1.62. The monoisotopic (exact) mass is 522 g/mol. The first-order valence-corrected chi connectivity index (χ1v) is 13.8. The van der Waals surface area contributed by atoms with Crippen LogP contribution in [0, 0.1) is 6.92 Å². The topological polar surface area (TPSA) is 49.4 Å². The zero-order valence-electron chi connectivity index (χ0n) is 21.2. The number of thioether (sulfide) groups is 1. The highest BCUT2D eigenvalue weighted by Crippen LogP contribution is 2.23. The molecule has 0 aliphatic heterocycles. The zero-order chi connectivity index (χ0) is 25.9. The molecule has 2 atom stereocenters. The molecule has 0 fully saturated rings. The minimum atomic E-state index is -0.603. The van der Waals surface area contributed by atoms with Gasteiger partial charge in [-0.25, -0.2) is 0 Å². The molecule has 1 N–H and O–H groups in total. The minimum Gasteiger partial charge on any atom is -0.352 e. The van der Waals surface area contributed by atoms with E-state index in [9.17, 15) is 9.59 Å². The van der Waals surface area contributed by atoms with Crippen LogP contribution in [0.25, 0.3) is 0 Å². The van der Waals surface area contributed by atoms with Gasteiger partial charge in [0.2, 0.25) is 11.8 Å². The first kappa shape index (κ1) is 27.8. The molecule has 36 heavy (non-hydrogen) atoms. The van der Waals surface area contributed by atoms with Crippen molar-refractivity contribution in [2.24, 2.45) is 0 Å². The second kappa shape index (κ2) is 14.1. The Balaban J connectivity index is 1.86. The van der Waals surface area contributed by atoms with Gasteiger partial charge in [-0.05, 0) is 61.2 Å². The SMILES string of the molecule is CC[C@@H](C)NC(=O)[C@@H](Cc1ccccc1)N(Cc1ccccc1C)C(=O)CCSc1ccc(Cl)cc1. The van der Waals surface area contributed by atoms with Crippen LogP contribution in [0.5, 0.6) is 0 Å². The van der Waals surface area contributed by atoms with Crippen molar-refractivity contribution in [2.45, 2.75) is 63.6 Å². The summed E-state index contributed by atoms with van der Waals surface area (Å²) in [7, 11) is 0. The van der Waals surface area contributed by atoms with Gasteiger partial charge in [-0.15, -0.1) is 11.8 Å². The maximum atomic E-state index is 13.7. The predicted molar refractivity (Wildman–Crippen MR) is 150 cm³/mol. The average molecular weight is 523 g/mol. The number of hydrogen-bond acceptors (Lipinski definition) is 3. The van der Waals surface area contributed by atoms with Gasteiger partial charge in [0.05, 0.1) is 0 Å². The van der Waals surface area contributed by atoms with Crippen LogP contribution in [0.15, 0.2) is 83.8 Å². The van der Waals surface area contributed by atoms with Crippen LogP contribution >= 0.6 is 23.4 Å². The highest BCUT2D eigenvalue weighted by Gasteiger charge is 2.31. The molecule has 6 heteroatoms. The summed E-state index contributed by atoms with van der Waals surface area (Å²) < 4.78 is 0. The molecule has 0 unspecified atom stereocenters. The highest BCUT2D eigenvalue weighted by molar-refractivity contribution is 7.99. The largest absolute Gasteiger partial charge is 0.352 e. The number of halogens is 1. The lowest BCUT2D eigenvalue weighted by Gasteiger charge is -2.32. The Morgan fingerprint density at radius 2 is 1.64 bits per heavy atom. The normalized spacial score (nSPS) is 12.6. The molecule has 0 aromatic heterocycles. The van der Waals surface area contributed by atoms with E-state index in [4.69, 9.17) is 11.6 Å². The highest BCUT2D eigenvalue weighted by atomic mass is 35.5. The Hall–Kier alpha value is -2.76. The van der Waals surface area contributed by atoms with Gasteiger partial charge in [-0.2, -0.15) is 0 Å². The van der Waals surface area contributed by atoms with Crippen molar-refractivity contribution in [3.63, 3.8) is 0 Å². The number of nitrogens with zero attached hydrogens (tertiary/aromatic N) is 1. The van der Waals surface area contributed by atoms with E-state index in [1.807, 2.05) is 99.6 Å². The number of benzene rings is 3. The number of hydrogen-bond donors (Lipinski definition) is 1. The fraction of sp³-hybridized carbons (Fsp3) is 0.333. The van der Waals surface area contributed by atoms with Crippen LogP contribution in [0.3, 0.4) is 0 Å². The molecule has 3 aromatic rings. The van der Waals surface area contributed by atoms with Crippen LogP contribution in [-0.4, -0.2) is 34.6 Å². The van der Waals surface area contributed by atoms with Gasteiger partial charge >= 0.3 is 0 Å². The second-order valence-corrected chi connectivity index (χ2v) is 10.6. The Labute approximate surface area is 224 Å². The zero-order valence-corrected chi connectivity index (χ0v) is 22.8. The number of carbonyl (C=O) groups excluding carboxylic acids is 2. The fourth-order valence-corrected chi connectivity index (χ4v) is 4.86. The van der Waals surface area contributed by atoms with E-state index in [0.29, 0.717) is 30.2 Å². The summed E-state index contributed by atoms with van der Waals surface area (Å²) in [6, 6.07) is 25.0. The molecule has 0 radical (unpaired) electrons. The lowest BCUT2D eigenvalue weighted by Crippen LogP contribution is -2.52. The van der Waals surface area contributed by atoms with Crippen molar-refractivity contribution in [1.29, 1.82) is 0 Å². The molecule has 0 saturated heterocycles. The number of rotatable bonds is 12. The van der Waals surface area contributed by atoms with Gasteiger partial charge in [0, 0.05) is 41.1 Å². The Kier molecular flexibility index (Phi) is 10.9. The van der Waals surface area contributed by atoms with E-state index in [0.717, 1.165) is 28.0 Å². The van der Waals surface area contributed by atoms with Crippen molar-refractivity contribution >= 4 is 35.2 Å². The van der Waals surface area contributed by atoms with Crippen LogP contribution < -0.4 is 5.32 Å². The van der Waals surface area contributed by atoms with Crippen molar-refractivity contribution in [3.8, 4) is 0 Å². The third-order valence-corrected chi connectivity index (χ3v) is 7.54. The summed E-state index contributed by atoms with van der Waals surface area (Å²) in [4.78, 5) is 30.1. The van der Waals surface area contributed by atoms with E-state index in [1.54, 1.807) is 16.7 Å². The molecule has 0 heterocycles. The number of aryl methyl sites for hydroxylation is 1. The van der Waals surface area contributed by atoms with E-state index in [1.165, 1.54) is 0 Å². The summed E-state index contributed by atoms with van der Waals surface area (Å²) in [5, 5.41) is 3.81. The lowest BCUT2D eigenvalue weighted by molar-refractivity contribution is -0.141. The van der Waals surface area contributed by atoms with Crippen LogP contribution in [0.2, 0.25) is 5.02 Å². The molecule has 4 nitrogen and oxygen atoms in total. The van der Waals surface area contributed by atoms with Crippen molar-refractivity contribution in [2.75, 3.05) is 5.75 Å². The lowest BCUT2D eigenvalue weighted by atomic mass is 10.0. The van der Waals surface area contributed by atoms with Gasteiger partial charge < -0.3 is 10.2 Å². The Bertz CT molecular complexity index is 1120. The predicted octanol–water partition coefficient (Wildman–Crippen LogP) is 6.69. The first-order chi connectivity index (χ1) is 17.4. The molecule has 0 spiro atoms. The molecule has 2 amide bonds. The first-order valence-electron chi connectivity index (χ1n) is 12.4. The molecule has 190 valence electrons. The Morgan fingerprint density at radius 3 is 2.31 bits per heavy atom. The summed E-state index contributed by atoms with van der Waals surface area (Å²) >= 11 is 7.61. The van der Waals surface area contributed by atoms with E-state index >= 15 is 0 Å². The van der Waals surface area contributed by atoms with Crippen LogP contribution in [-0.2, 0) is 22.6 Å². The number of amides is 2. The maximum absolute atomic E-state index is 13.7. The Morgan fingerprint density at radius 1 is 0.972 bits per heavy atom. The minimum absolute atomic E-state index is 0.0278. The number of carbonyl (C=O) groups is 2. The molecule has 3 aromatic carbocycles. The van der Waals surface area contributed by atoms with E-state index < -0.39 is 6.04 Å². The molecule has 0 aliphatic rings. The van der Waals surface area contributed by atoms with Crippen molar-refractivity contribution in [1.82, 2.24) is 10.2 Å². The standard InChI is InChI=1S/C30H35ClN2O2S/c1-4-23(3)32-30(35)28(20-24-11-6-5-7-12-24)33(21-25-13-9-8-10-22(25)2)29(34)18-19-36-27-16-14-26(31)15-17-27/h5-17,23,28H,4,18-21H2,1-3H3,(H,32,35)/t23-,28-/m1/s1. The summed E-state index contributed by atoms with van der Waals surface area (Å²) in [5.41, 5.74) is 3.18. The summed E-state index contributed by atoms with van der Waals surface area (Å²) in [5.74, 6) is 0.482. The smallest absolute Gasteiger partial charge is 0.243 e. The fourth-order valence-electron chi connectivity index (χ4n) is 3.90. The van der Waals surface area contributed by atoms with E-state index in [2.05, 4.69) is 5.32 Å². The molecular weight excluding hydrogens is 488 g/mol. The van der Waals surface area contributed by atoms with Crippen molar-refractivity contribution in [3.05, 3.63) is 101 Å². The average Bonchev–Trinajstić information content (AvgIpc) is 2.88. The van der Waals surface area contributed by atoms with Crippen LogP contribution in [0.1, 0.15) is 43.4 Å².